The fraction of sp³-hybridized carbons (Fsp3) is 0.333. The van der Waals surface area contributed by atoms with Crippen LogP contribution in [-0.4, -0.2) is 50.6 Å². The molecule has 0 aliphatic carbocycles. The number of nitrogens with zero attached hydrogens (tertiary/aromatic N) is 1. The van der Waals surface area contributed by atoms with Crippen molar-refractivity contribution in [2.75, 3.05) is 27.9 Å². The molecule has 156 valence electrons. The summed E-state index contributed by atoms with van der Waals surface area (Å²) in [5.74, 6) is 0.350. The highest BCUT2D eigenvalue weighted by Crippen LogP contribution is 2.27. The van der Waals surface area contributed by atoms with E-state index < -0.39 is 11.9 Å². The standard InChI is InChI=1S/C21H25FN2O5/c1-14(21(26)23-2)24(12-15-5-7-16(22)8-6-15)20(25)13-29-19-10-17(27-3)9-18(11-19)28-4/h5-11,14H,12-13H2,1-4H3,(H,23,26). The fourth-order valence-corrected chi connectivity index (χ4v) is 2.67. The molecule has 0 saturated heterocycles. The van der Waals surface area contributed by atoms with Gasteiger partial charge in [0.25, 0.3) is 5.91 Å². The Morgan fingerprint density at radius 3 is 2.10 bits per heavy atom. The molecule has 1 unspecified atom stereocenters. The second-order valence-electron chi connectivity index (χ2n) is 6.28. The van der Waals surface area contributed by atoms with Crippen LogP contribution in [0, 0.1) is 5.82 Å². The Morgan fingerprint density at radius 2 is 1.59 bits per heavy atom. The second kappa shape index (κ2) is 10.3. The Morgan fingerprint density at radius 1 is 1.03 bits per heavy atom. The second-order valence-corrected chi connectivity index (χ2v) is 6.28. The molecular weight excluding hydrogens is 379 g/mol. The Bertz CT molecular complexity index is 819. The quantitative estimate of drug-likeness (QED) is 0.695. The van der Waals surface area contributed by atoms with Gasteiger partial charge in [-0.05, 0) is 24.6 Å². The minimum atomic E-state index is -0.735. The number of hydrogen-bond donors (Lipinski definition) is 1. The van der Waals surface area contributed by atoms with Crippen LogP contribution in [0.1, 0.15) is 12.5 Å². The lowest BCUT2D eigenvalue weighted by atomic mass is 10.1. The lowest BCUT2D eigenvalue weighted by Crippen LogP contribution is -2.48. The number of methoxy groups -OCH3 is 2. The first-order chi connectivity index (χ1) is 13.9. The van der Waals surface area contributed by atoms with Crippen molar-refractivity contribution in [1.82, 2.24) is 10.2 Å². The molecule has 0 fully saturated rings. The van der Waals surface area contributed by atoms with Crippen LogP contribution in [-0.2, 0) is 16.1 Å². The first kappa shape index (κ1) is 22.0. The lowest BCUT2D eigenvalue weighted by Gasteiger charge is -2.28. The maximum absolute atomic E-state index is 13.2. The maximum Gasteiger partial charge on any atom is 0.261 e. The summed E-state index contributed by atoms with van der Waals surface area (Å²) in [7, 11) is 4.52. The van der Waals surface area contributed by atoms with Gasteiger partial charge in [-0.1, -0.05) is 12.1 Å². The normalized spacial score (nSPS) is 11.3. The van der Waals surface area contributed by atoms with Crippen LogP contribution in [0.3, 0.4) is 0 Å². The molecule has 2 aromatic rings. The number of hydrogen-bond acceptors (Lipinski definition) is 5. The predicted octanol–water partition coefficient (Wildman–Crippen LogP) is 2.38. The number of nitrogens with one attached hydrogen (secondary N) is 1. The van der Waals surface area contributed by atoms with Crippen LogP contribution in [0.25, 0.3) is 0 Å². The maximum atomic E-state index is 13.2. The molecule has 1 atom stereocenters. The van der Waals surface area contributed by atoms with Gasteiger partial charge in [0.1, 0.15) is 29.1 Å². The van der Waals surface area contributed by atoms with E-state index in [1.807, 2.05) is 0 Å². The molecule has 29 heavy (non-hydrogen) atoms. The van der Waals surface area contributed by atoms with E-state index in [4.69, 9.17) is 14.2 Å². The largest absolute Gasteiger partial charge is 0.496 e. The number of likely N-dealkylation sites (N-methyl/N-ethyl adjacent to an activating group) is 1. The van der Waals surface area contributed by atoms with Gasteiger partial charge in [-0.25, -0.2) is 4.39 Å². The molecule has 0 saturated carbocycles. The molecular formula is C21H25FN2O5. The molecule has 1 N–H and O–H groups in total. The molecule has 0 aliphatic rings. The van der Waals surface area contributed by atoms with Gasteiger partial charge in [0.15, 0.2) is 6.61 Å². The molecule has 7 nitrogen and oxygen atoms in total. The fourth-order valence-electron chi connectivity index (χ4n) is 2.67. The van der Waals surface area contributed by atoms with Gasteiger partial charge in [0.05, 0.1) is 14.2 Å². The van der Waals surface area contributed by atoms with Crippen LogP contribution in [0.4, 0.5) is 4.39 Å². The van der Waals surface area contributed by atoms with Crippen molar-refractivity contribution in [2.45, 2.75) is 19.5 Å². The van der Waals surface area contributed by atoms with Crippen molar-refractivity contribution in [3.63, 3.8) is 0 Å². The zero-order valence-electron chi connectivity index (χ0n) is 16.9. The van der Waals surface area contributed by atoms with E-state index >= 15 is 0 Å². The molecule has 8 heteroatoms. The smallest absolute Gasteiger partial charge is 0.261 e. The zero-order chi connectivity index (χ0) is 21.4. The van der Waals surface area contributed by atoms with Gasteiger partial charge in [-0.15, -0.1) is 0 Å². The third-order valence-corrected chi connectivity index (χ3v) is 4.37. The highest BCUT2D eigenvalue weighted by Gasteiger charge is 2.26. The van der Waals surface area contributed by atoms with E-state index in [-0.39, 0.29) is 24.9 Å². The Hall–Kier alpha value is -3.29. The Labute approximate surface area is 169 Å². The number of rotatable bonds is 9. The molecule has 0 bridgehead atoms. The van der Waals surface area contributed by atoms with Crippen LogP contribution < -0.4 is 19.5 Å². The lowest BCUT2D eigenvalue weighted by molar-refractivity contribution is -0.142. The summed E-state index contributed by atoms with van der Waals surface area (Å²) in [5.41, 5.74) is 0.693. The minimum Gasteiger partial charge on any atom is -0.496 e. The summed E-state index contributed by atoms with van der Waals surface area (Å²) in [5, 5.41) is 2.53. The highest BCUT2D eigenvalue weighted by molar-refractivity contribution is 5.87. The van der Waals surface area contributed by atoms with E-state index in [0.717, 1.165) is 0 Å². The Kier molecular flexibility index (Phi) is 7.82. The number of carbonyl (C=O) groups is 2. The number of ether oxygens (including phenoxy) is 3. The number of amides is 2. The van der Waals surface area contributed by atoms with Gasteiger partial charge in [-0.2, -0.15) is 0 Å². The number of carbonyl (C=O) groups excluding carboxylic acids is 2. The van der Waals surface area contributed by atoms with Gasteiger partial charge < -0.3 is 24.4 Å². The third-order valence-electron chi connectivity index (χ3n) is 4.37. The summed E-state index contributed by atoms with van der Waals surface area (Å²) >= 11 is 0. The first-order valence-corrected chi connectivity index (χ1v) is 8.99. The van der Waals surface area contributed by atoms with E-state index in [9.17, 15) is 14.0 Å². The van der Waals surface area contributed by atoms with E-state index in [0.29, 0.717) is 22.8 Å². The molecule has 0 spiro atoms. The topological polar surface area (TPSA) is 77.1 Å². The van der Waals surface area contributed by atoms with Crippen LogP contribution in [0.5, 0.6) is 17.2 Å². The third kappa shape index (κ3) is 6.10. The SMILES string of the molecule is CNC(=O)C(C)N(Cc1ccc(F)cc1)C(=O)COc1cc(OC)cc(OC)c1. The minimum absolute atomic E-state index is 0.137. The van der Waals surface area contributed by atoms with Crippen molar-refractivity contribution in [2.24, 2.45) is 0 Å². The number of halogens is 1. The summed E-state index contributed by atoms with van der Waals surface area (Å²) in [6.07, 6.45) is 0. The van der Waals surface area contributed by atoms with Gasteiger partial charge in [0.2, 0.25) is 5.91 Å². The van der Waals surface area contributed by atoms with Gasteiger partial charge in [0, 0.05) is 31.8 Å². The van der Waals surface area contributed by atoms with Gasteiger partial charge in [-0.3, -0.25) is 9.59 Å². The molecule has 2 aromatic carbocycles. The summed E-state index contributed by atoms with van der Waals surface area (Å²) in [6.45, 7) is 1.46. The van der Waals surface area contributed by atoms with Crippen LogP contribution in [0.15, 0.2) is 42.5 Å². The Balaban J connectivity index is 2.16. The van der Waals surface area contributed by atoms with E-state index in [1.54, 1.807) is 37.3 Å². The monoisotopic (exact) mass is 404 g/mol. The predicted molar refractivity (Wildman–Crippen MR) is 106 cm³/mol. The summed E-state index contributed by atoms with van der Waals surface area (Å²) in [4.78, 5) is 26.3. The summed E-state index contributed by atoms with van der Waals surface area (Å²) < 4.78 is 29.2. The van der Waals surface area contributed by atoms with Crippen molar-refractivity contribution in [1.29, 1.82) is 0 Å². The molecule has 0 heterocycles. The van der Waals surface area contributed by atoms with Crippen LogP contribution in [0.2, 0.25) is 0 Å². The average molecular weight is 404 g/mol. The van der Waals surface area contributed by atoms with Crippen molar-refractivity contribution < 1.29 is 28.2 Å². The molecule has 0 aliphatic heterocycles. The van der Waals surface area contributed by atoms with Gasteiger partial charge >= 0.3 is 0 Å². The van der Waals surface area contributed by atoms with E-state index in [1.165, 1.54) is 38.3 Å². The van der Waals surface area contributed by atoms with Crippen molar-refractivity contribution in [3.8, 4) is 17.2 Å². The van der Waals surface area contributed by atoms with Crippen LogP contribution >= 0.6 is 0 Å². The van der Waals surface area contributed by atoms with Crippen molar-refractivity contribution in [3.05, 3.63) is 53.8 Å². The first-order valence-electron chi connectivity index (χ1n) is 8.99. The van der Waals surface area contributed by atoms with Crippen molar-refractivity contribution >= 4 is 11.8 Å². The average Bonchev–Trinajstić information content (AvgIpc) is 2.75. The molecule has 0 radical (unpaired) electrons. The van der Waals surface area contributed by atoms with E-state index in [2.05, 4.69) is 5.32 Å². The molecule has 2 amide bonds. The zero-order valence-corrected chi connectivity index (χ0v) is 16.9. The summed E-state index contributed by atoms with van der Waals surface area (Å²) in [6, 6.07) is 9.96. The molecule has 2 rings (SSSR count). The number of benzene rings is 2. The highest BCUT2D eigenvalue weighted by atomic mass is 19.1. The molecule has 0 aromatic heterocycles.